The molecule has 0 radical (unpaired) electrons. The Hall–Kier alpha value is -1.34. The summed E-state index contributed by atoms with van der Waals surface area (Å²) in [6.07, 6.45) is 15.6. The number of fused-ring (bicyclic) bond motifs is 5. The fraction of sp³-hybridized carbons (Fsp3) is 0.852. The predicted molar refractivity (Wildman–Crippen MR) is 122 cm³/mol. The van der Waals surface area contributed by atoms with Crippen molar-refractivity contribution in [3.8, 4) is 6.07 Å². The van der Waals surface area contributed by atoms with Crippen LogP contribution < -0.4 is 0 Å². The lowest BCUT2D eigenvalue weighted by molar-refractivity contribution is -0.151. The van der Waals surface area contributed by atoms with Crippen LogP contribution in [0.4, 0.5) is 0 Å². The summed E-state index contributed by atoms with van der Waals surface area (Å²) >= 11 is 0. The van der Waals surface area contributed by atoms with E-state index in [0.717, 1.165) is 55.4 Å². The van der Waals surface area contributed by atoms with Gasteiger partial charge >= 0.3 is 0 Å². The van der Waals surface area contributed by atoms with E-state index in [1.54, 1.807) is 0 Å². The van der Waals surface area contributed by atoms with E-state index in [1.165, 1.54) is 51.4 Å². The van der Waals surface area contributed by atoms with E-state index in [-0.39, 0.29) is 0 Å². The predicted octanol–water partition coefficient (Wildman–Crippen LogP) is 5.94. The standard InChI is InChI=1S/C27H41N3O/c1-4-27(31)14-13-26(3)20(17-27)5-7-22-23-8-6-19(25(23,2)12-9-24(22)26)10-15-30-16-11-21(18-28)29-30/h11,16,19-20,22-24,31H,4-10,12-15,17H2,1-3H3/t19-,20-,22+,23+,24+,25-,26+,27-/m1/s1. The second-order valence-electron chi connectivity index (χ2n) is 12.1. The Balaban J connectivity index is 1.29. The number of nitrogens with zero attached hydrogens (tertiary/aromatic N) is 3. The summed E-state index contributed by atoms with van der Waals surface area (Å²) in [6.45, 7) is 8.32. The van der Waals surface area contributed by atoms with Crippen LogP contribution in [0.5, 0.6) is 0 Å². The monoisotopic (exact) mass is 423 g/mol. The molecule has 4 heteroatoms. The molecule has 0 saturated heterocycles. The number of aryl methyl sites for hydroxylation is 1. The minimum Gasteiger partial charge on any atom is -0.390 e. The molecule has 1 N–H and O–H groups in total. The van der Waals surface area contributed by atoms with E-state index in [0.29, 0.717) is 16.5 Å². The summed E-state index contributed by atoms with van der Waals surface area (Å²) in [5.41, 5.74) is 1.07. The molecule has 170 valence electrons. The number of rotatable bonds is 4. The van der Waals surface area contributed by atoms with E-state index in [9.17, 15) is 5.11 Å². The normalized spacial score (nSPS) is 46.6. The van der Waals surface area contributed by atoms with Crippen LogP contribution in [0.25, 0.3) is 0 Å². The van der Waals surface area contributed by atoms with Crippen molar-refractivity contribution < 1.29 is 5.11 Å². The minimum atomic E-state index is -0.392. The Kier molecular flexibility index (Phi) is 5.28. The van der Waals surface area contributed by atoms with Crippen molar-refractivity contribution in [2.24, 2.45) is 40.4 Å². The number of aromatic nitrogens is 2. The molecule has 1 heterocycles. The van der Waals surface area contributed by atoms with Gasteiger partial charge in [0.15, 0.2) is 5.69 Å². The van der Waals surface area contributed by atoms with Gasteiger partial charge in [0.1, 0.15) is 6.07 Å². The molecule has 4 saturated carbocycles. The summed E-state index contributed by atoms with van der Waals surface area (Å²) in [7, 11) is 0. The Morgan fingerprint density at radius 2 is 1.90 bits per heavy atom. The van der Waals surface area contributed by atoms with Gasteiger partial charge in [0.25, 0.3) is 0 Å². The molecule has 0 amide bonds. The number of nitriles is 1. The van der Waals surface area contributed by atoms with Crippen LogP contribution in [-0.4, -0.2) is 20.5 Å². The van der Waals surface area contributed by atoms with Gasteiger partial charge in [-0.15, -0.1) is 0 Å². The fourth-order valence-electron chi connectivity index (χ4n) is 9.06. The highest BCUT2D eigenvalue weighted by molar-refractivity contribution is 5.16. The van der Waals surface area contributed by atoms with Gasteiger partial charge in [-0.3, -0.25) is 4.68 Å². The molecule has 4 nitrogen and oxygen atoms in total. The molecular formula is C27H41N3O. The summed E-state index contributed by atoms with van der Waals surface area (Å²) in [5.74, 6) is 4.16. The van der Waals surface area contributed by atoms with Gasteiger partial charge in [-0.05, 0) is 117 Å². The van der Waals surface area contributed by atoms with Crippen molar-refractivity contribution in [3.63, 3.8) is 0 Å². The second kappa shape index (κ2) is 7.62. The highest BCUT2D eigenvalue weighted by Gasteiger charge is 2.60. The Morgan fingerprint density at radius 3 is 2.65 bits per heavy atom. The zero-order valence-corrected chi connectivity index (χ0v) is 19.8. The Morgan fingerprint density at radius 1 is 1.10 bits per heavy atom. The maximum atomic E-state index is 11.0. The van der Waals surface area contributed by atoms with E-state index in [4.69, 9.17) is 5.26 Å². The lowest BCUT2D eigenvalue weighted by atomic mass is 9.43. The maximum absolute atomic E-state index is 11.0. The highest BCUT2D eigenvalue weighted by Crippen LogP contribution is 2.68. The second-order valence-corrected chi connectivity index (χ2v) is 12.1. The third-order valence-corrected chi connectivity index (χ3v) is 11.1. The minimum absolute atomic E-state index is 0.392. The molecule has 4 aliphatic carbocycles. The quantitative estimate of drug-likeness (QED) is 0.651. The summed E-state index contributed by atoms with van der Waals surface area (Å²) in [4.78, 5) is 0. The lowest BCUT2D eigenvalue weighted by Gasteiger charge is -2.62. The van der Waals surface area contributed by atoms with Gasteiger partial charge in [0.05, 0.1) is 5.60 Å². The average molecular weight is 424 g/mol. The third-order valence-electron chi connectivity index (χ3n) is 11.1. The van der Waals surface area contributed by atoms with Gasteiger partial charge in [0, 0.05) is 12.7 Å². The molecule has 0 aliphatic heterocycles. The first kappa shape index (κ1) is 21.5. The van der Waals surface area contributed by atoms with E-state index in [1.807, 2.05) is 16.9 Å². The zero-order valence-electron chi connectivity index (χ0n) is 19.8. The average Bonchev–Trinajstić information content (AvgIpc) is 3.36. The largest absolute Gasteiger partial charge is 0.390 e. The molecule has 5 rings (SSSR count). The van der Waals surface area contributed by atoms with E-state index in [2.05, 4.69) is 31.9 Å². The molecule has 1 aromatic rings. The summed E-state index contributed by atoms with van der Waals surface area (Å²) < 4.78 is 1.98. The molecule has 4 fully saturated rings. The summed E-state index contributed by atoms with van der Waals surface area (Å²) in [5, 5.41) is 24.4. The van der Waals surface area contributed by atoms with Gasteiger partial charge in [-0.2, -0.15) is 10.4 Å². The number of hydrogen-bond acceptors (Lipinski definition) is 3. The van der Waals surface area contributed by atoms with Crippen molar-refractivity contribution in [2.75, 3.05) is 0 Å². The van der Waals surface area contributed by atoms with Crippen LogP contribution in [0.1, 0.15) is 97.1 Å². The van der Waals surface area contributed by atoms with E-state index < -0.39 is 5.60 Å². The molecular weight excluding hydrogens is 382 g/mol. The van der Waals surface area contributed by atoms with Crippen molar-refractivity contribution in [2.45, 2.75) is 104 Å². The molecule has 8 atom stereocenters. The summed E-state index contributed by atoms with van der Waals surface area (Å²) in [6, 6.07) is 3.97. The molecule has 31 heavy (non-hydrogen) atoms. The highest BCUT2D eigenvalue weighted by atomic mass is 16.3. The van der Waals surface area contributed by atoms with Crippen LogP contribution in [0.2, 0.25) is 0 Å². The first-order chi connectivity index (χ1) is 14.8. The van der Waals surface area contributed by atoms with Crippen molar-refractivity contribution >= 4 is 0 Å². The van der Waals surface area contributed by atoms with Crippen LogP contribution >= 0.6 is 0 Å². The molecule has 0 unspecified atom stereocenters. The number of aliphatic hydroxyl groups is 1. The molecule has 0 bridgehead atoms. The van der Waals surface area contributed by atoms with E-state index >= 15 is 0 Å². The van der Waals surface area contributed by atoms with Gasteiger partial charge < -0.3 is 5.11 Å². The van der Waals surface area contributed by atoms with Crippen LogP contribution in [-0.2, 0) is 6.54 Å². The van der Waals surface area contributed by atoms with Gasteiger partial charge in [0.2, 0.25) is 0 Å². The topological polar surface area (TPSA) is 61.8 Å². The first-order valence-corrected chi connectivity index (χ1v) is 13.0. The zero-order chi connectivity index (χ0) is 21.9. The van der Waals surface area contributed by atoms with Crippen LogP contribution in [0, 0.1) is 51.8 Å². The first-order valence-electron chi connectivity index (χ1n) is 13.0. The smallest absolute Gasteiger partial charge is 0.162 e. The molecule has 0 aromatic carbocycles. The van der Waals surface area contributed by atoms with Crippen molar-refractivity contribution in [3.05, 3.63) is 18.0 Å². The molecule has 1 aromatic heterocycles. The van der Waals surface area contributed by atoms with Gasteiger partial charge in [-0.1, -0.05) is 20.8 Å². The van der Waals surface area contributed by atoms with Crippen LogP contribution in [0.3, 0.4) is 0 Å². The SMILES string of the molecule is CC[C@@]1(O)CC[C@@]2(C)[C@H](CC[C@@H]3[C@@H]2CC[C@]2(C)[C@@H](CCn4ccc(C#N)n4)CC[C@@H]32)C1. The fourth-order valence-corrected chi connectivity index (χ4v) is 9.06. The van der Waals surface area contributed by atoms with Gasteiger partial charge in [-0.25, -0.2) is 0 Å². The third kappa shape index (κ3) is 3.38. The number of hydrogen-bond donors (Lipinski definition) is 1. The van der Waals surface area contributed by atoms with Crippen molar-refractivity contribution in [1.82, 2.24) is 9.78 Å². The van der Waals surface area contributed by atoms with Crippen LogP contribution in [0.15, 0.2) is 12.3 Å². The Bertz CT molecular complexity index is 857. The molecule has 4 aliphatic rings. The molecule has 0 spiro atoms. The van der Waals surface area contributed by atoms with Crippen molar-refractivity contribution in [1.29, 1.82) is 5.26 Å². The Labute approximate surface area is 188 Å². The maximum Gasteiger partial charge on any atom is 0.162 e. The lowest BCUT2D eigenvalue weighted by Crippen LogP contribution is -2.55.